The average Bonchev–Trinajstić information content (AvgIpc) is 3.61. The Hall–Kier alpha value is -4.92. The van der Waals surface area contributed by atoms with E-state index in [9.17, 15) is 9.18 Å². The number of nitrogens with one attached hydrogen (secondary N) is 3. The van der Waals surface area contributed by atoms with Crippen LogP contribution in [0.3, 0.4) is 0 Å². The zero-order valence-electron chi connectivity index (χ0n) is 22.5. The van der Waals surface area contributed by atoms with Gasteiger partial charge in [0, 0.05) is 40.3 Å². The molecule has 0 spiro atoms. The summed E-state index contributed by atoms with van der Waals surface area (Å²) < 4.78 is 14.2. The quantitative estimate of drug-likeness (QED) is 0.212. The largest absolute Gasteiger partial charge is 0.353 e. The fraction of sp³-hybridized carbons (Fsp3) is 0.219. The van der Waals surface area contributed by atoms with Gasteiger partial charge in [0.15, 0.2) is 0 Å². The van der Waals surface area contributed by atoms with Crippen molar-refractivity contribution in [1.29, 1.82) is 0 Å². The van der Waals surface area contributed by atoms with Crippen molar-refractivity contribution < 1.29 is 9.18 Å². The maximum atomic E-state index is 14.2. The molecule has 5 aromatic heterocycles. The van der Waals surface area contributed by atoms with Crippen LogP contribution in [0.5, 0.6) is 0 Å². The van der Waals surface area contributed by atoms with Crippen LogP contribution in [0.15, 0.2) is 67.1 Å². The zero-order chi connectivity index (χ0) is 27.9. The predicted molar refractivity (Wildman–Crippen MR) is 158 cm³/mol. The van der Waals surface area contributed by atoms with E-state index < -0.39 is 0 Å². The fourth-order valence-electron chi connectivity index (χ4n) is 5.79. The Bertz CT molecular complexity index is 1900. The maximum Gasteiger partial charge on any atom is 0.227 e. The molecule has 1 saturated carbocycles. The fourth-order valence-corrected chi connectivity index (χ4v) is 5.79. The third kappa shape index (κ3) is 4.84. The van der Waals surface area contributed by atoms with Gasteiger partial charge in [0.2, 0.25) is 5.91 Å². The van der Waals surface area contributed by atoms with E-state index >= 15 is 0 Å². The number of nitrogens with zero attached hydrogens (tertiary/aromatic N) is 4. The van der Waals surface area contributed by atoms with Gasteiger partial charge in [-0.15, -0.1) is 0 Å². The van der Waals surface area contributed by atoms with E-state index in [4.69, 9.17) is 4.98 Å². The summed E-state index contributed by atoms with van der Waals surface area (Å²) in [5.41, 5.74) is 8.20. The van der Waals surface area contributed by atoms with Gasteiger partial charge in [-0.1, -0.05) is 19.3 Å². The van der Waals surface area contributed by atoms with Gasteiger partial charge in [0.1, 0.15) is 17.0 Å². The molecule has 0 aliphatic heterocycles. The summed E-state index contributed by atoms with van der Waals surface area (Å²) in [5, 5.41) is 11.6. The number of halogens is 1. The van der Waals surface area contributed by atoms with Gasteiger partial charge in [0.05, 0.1) is 34.5 Å². The SMILES string of the molecule is Cc1cc(F)cc(-c2nccc3[nH]c(-c4n[nH]c5ccc(-c6cncc(NC(=O)C7CCCCC7)c6)nc45)cc23)c1. The number of benzene rings is 1. The number of hydrogen-bond acceptors (Lipinski definition) is 5. The van der Waals surface area contributed by atoms with E-state index in [1.807, 2.05) is 43.3 Å². The molecule has 41 heavy (non-hydrogen) atoms. The van der Waals surface area contributed by atoms with Crippen LogP contribution >= 0.6 is 0 Å². The van der Waals surface area contributed by atoms with Crippen LogP contribution in [-0.4, -0.2) is 36.0 Å². The third-order valence-electron chi connectivity index (χ3n) is 7.80. The number of aromatic amines is 2. The first-order valence-electron chi connectivity index (χ1n) is 13.9. The lowest BCUT2D eigenvalue weighted by Gasteiger charge is -2.20. The second kappa shape index (κ2) is 10.2. The first-order chi connectivity index (χ1) is 20.0. The van der Waals surface area contributed by atoms with E-state index in [0.717, 1.165) is 64.6 Å². The Labute approximate surface area is 235 Å². The van der Waals surface area contributed by atoms with Crippen molar-refractivity contribution in [1.82, 2.24) is 30.1 Å². The maximum absolute atomic E-state index is 14.2. The Morgan fingerprint density at radius 2 is 1.83 bits per heavy atom. The smallest absolute Gasteiger partial charge is 0.227 e. The number of carbonyl (C=O) groups excluding carboxylic acids is 1. The van der Waals surface area contributed by atoms with Crippen LogP contribution in [0.2, 0.25) is 0 Å². The van der Waals surface area contributed by atoms with Crippen molar-refractivity contribution in [2.24, 2.45) is 5.92 Å². The Balaban J connectivity index is 1.23. The first kappa shape index (κ1) is 25.1. The van der Waals surface area contributed by atoms with Crippen LogP contribution in [0.25, 0.3) is 55.8 Å². The Kier molecular flexibility index (Phi) is 6.26. The number of rotatable bonds is 5. The molecule has 7 rings (SSSR count). The average molecular weight is 546 g/mol. The lowest BCUT2D eigenvalue weighted by molar-refractivity contribution is -0.120. The highest BCUT2D eigenvalue weighted by Gasteiger charge is 2.21. The summed E-state index contributed by atoms with van der Waals surface area (Å²) in [7, 11) is 0. The monoisotopic (exact) mass is 545 g/mol. The molecular weight excluding hydrogens is 517 g/mol. The molecular formula is C32H28FN7O. The van der Waals surface area contributed by atoms with E-state index in [1.54, 1.807) is 18.6 Å². The van der Waals surface area contributed by atoms with Crippen molar-refractivity contribution in [2.75, 3.05) is 5.32 Å². The number of fused-ring (bicyclic) bond motifs is 2. The first-order valence-corrected chi connectivity index (χ1v) is 13.9. The van der Waals surface area contributed by atoms with Crippen molar-refractivity contribution in [3.8, 4) is 33.9 Å². The minimum Gasteiger partial charge on any atom is -0.353 e. The molecule has 0 saturated heterocycles. The summed E-state index contributed by atoms with van der Waals surface area (Å²) in [6, 6.07) is 14.5. The van der Waals surface area contributed by atoms with Crippen molar-refractivity contribution >= 4 is 33.5 Å². The molecule has 1 aromatic carbocycles. The van der Waals surface area contributed by atoms with Gasteiger partial charge in [-0.25, -0.2) is 9.37 Å². The molecule has 1 fully saturated rings. The number of H-pyrrole nitrogens is 2. The second-order valence-corrected chi connectivity index (χ2v) is 10.8. The summed E-state index contributed by atoms with van der Waals surface area (Å²) in [4.78, 5) is 30.1. The van der Waals surface area contributed by atoms with Gasteiger partial charge in [-0.05, 0) is 73.9 Å². The molecule has 0 bridgehead atoms. The topological polar surface area (TPSA) is 112 Å². The van der Waals surface area contributed by atoms with Gasteiger partial charge in [-0.3, -0.25) is 19.9 Å². The van der Waals surface area contributed by atoms with E-state index in [2.05, 4.69) is 30.5 Å². The highest BCUT2D eigenvalue weighted by atomic mass is 19.1. The molecule has 3 N–H and O–H groups in total. The highest BCUT2D eigenvalue weighted by Crippen LogP contribution is 2.34. The molecule has 1 aliphatic rings. The van der Waals surface area contributed by atoms with Crippen molar-refractivity contribution in [3.63, 3.8) is 0 Å². The summed E-state index contributed by atoms with van der Waals surface area (Å²) in [6.45, 7) is 1.87. The molecule has 9 heteroatoms. The van der Waals surface area contributed by atoms with Crippen LogP contribution in [-0.2, 0) is 4.79 Å². The minimum absolute atomic E-state index is 0.0604. The number of amides is 1. The number of carbonyl (C=O) groups is 1. The van der Waals surface area contributed by atoms with Crippen LogP contribution < -0.4 is 5.32 Å². The predicted octanol–water partition coefficient (Wildman–Crippen LogP) is 7.20. The number of aryl methyl sites for hydroxylation is 1. The molecule has 1 amide bonds. The standard InChI is InChI=1S/C32H28FN7O/c1-18-11-20(13-22(33)12-18)29-24-15-28(37-26(24)9-10-35-29)31-30-27(39-40-31)8-7-25(38-30)21-14-23(17-34-16-21)36-32(41)19-5-3-2-4-6-19/h7-17,19,37H,2-6H2,1H3,(H,36,41)(H,39,40). The van der Waals surface area contributed by atoms with E-state index in [0.29, 0.717) is 28.2 Å². The summed E-state index contributed by atoms with van der Waals surface area (Å²) in [6.07, 6.45) is 10.4. The van der Waals surface area contributed by atoms with E-state index in [1.165, 1.54) is 18.6 Å². The molecule has 1 aliphatic carbocycles. The number of aromatic nitrogens is 6. The van der Waals surface area contributed by atoms with Crippen LogP contribution in [0, 0.1) is 18.7 Å². The minimum atomic E-state index is -0.295. The molecule has 0 radical (unpaired) electrons. The van der Waals surface area contributed by atoms with Crippen LogP contribution in [0.4, 0.5) is 10.1 Å². The molecule has 8 nitrogen and oxygen atoms in total. The zero-order valence-corrected chi connectivity index (χ0v) is 22.5. The summed E-state index contributed by atoms with van der Waals surface area (Å²) in [5.74, 6) is -0.172. The molecule has 0 unspecified atom stereocenters. The summed E-state index contributed by atoms with van der Waals surface area (Å²) >= 11 is 0. The number of hydrogen-bond donors (Lipinski definition) is 3. The van der Waals surface area contributed by atoms with Gasteiger partial charge in [-0.2, -0.15) is 5.10 Å². The second-order valence-electron chi connectivity index (χ2n) is 10.8. The number of pyridine rings is 3. The van der Waals surface area contributed by atoms with Gasteiger partial charge >= 0.3 is 0 Å². The van der Waals surface area contributed by atoms with E-state index in [-0.39, 0.29) is 17.6 Å². The lowest BCUT2D eigenvalue weighted by atomic mass is 9.88. The highest BCUT2D eigenvalue weighted by molar-refractivity contribution is 5.99. The van der Waals surface area contributed by atoms with Gasteiger partial charge in [0.25, 0.3) is 0 Å². The Morgan fingerprint density at radius 3 is 2.68 bits per heavy atom. The normalized spacial score (nSPS) is 14.1. The molecule has 5 heterocycles. The lowest BCUT2D eigenvalue weighted by Crippen LogP contribution is -2.24. The van der Waals surface area contributed by atoms with Crippen molar-refractivity contribution in [2.45, 2.75) is 39.0 Å². The number of anilines is 1. The van der Waals surface area contributed by atoms with Crippen molar-refractivity contribution in [3.05, 3.63) is 78.5 Å². The third-order valence-corrected chi connectivity index (χ3v) is 7.80. The Morgan fingerprint density at radius 1 is 0.951 bits per heavy atom. The molecule has 6 aromatic rings. The molecule has 0 atom stereocenters. The molecule has 204 valence electrons. The van der Waals surface area contributed by atoms with Crippen LogP contribution in [0.1, 0.15) is 37.7 Å². The van der Waals surface area contributed by atoms with Gasteiger partial charge < -0.3 is 10.3 Å².